The van der Waals surface area contributed by atoms with Gasteiger partial charge in [-0.15, -0.1) is 0 Å². The summed E-state index contributed by atoms with van der Waals surface area (Å²) in [5.74, 6) is -1.14. The van der Waals surface area contributed by atoms with E-state index in [2.05, 4.69) is 20.8 Å². The summed E-state index contributed by atoms with van der Waals surface area (Å²) in [6.45, 7) is 8.93. The molecule has 1 unspecified atom stereocenters. The van der Waals surface area contributed by atoms with Crippen LogP contribution in [0.1, 0.15) is 34.1 Å². The van der Waals surface area contributed by atoms with E-state index in [0.29, 0.717) is 19.6 Å². The number of ether oxygens (including phenoxy) is 1. The number of likely N-dealkylation sites (tertiary alicyclic amines) is 1. The number of carboxylic acids is 1. The molecule has 0 aliphatic carbocycles. The highest BCUT2D eigenvalue weighted by Gasteiger charge is 2.44. The van der Waals surface area contributed by atoms with Crippen molar-refractivity contribution in [1.29, 1.82) is 0 Å². The van der Waals surface area contributed by atoms with Gasteiger partial charge < -0.3 is 20.5 Å². The van der Waals surface area contributed by atoms with Gasteiger partial charge in [-0.1, -0.05) is 20.8 Å². The summed E-state index contributed by atoms with van der Waals surface area (Å²) in [7, 11) is 0. The van der Waals surface area contributed by atoms with Gasteiger partial charge in [-0.2, -0.15) is 0 Å². The summed E-state index contributed by atoms with van der Waals surface area (Å²) in [5.41, 5.74) is 5.21. The zero-order valence-electron chi connectivity index (χ0n) is 12.8. The van der Waals surface area contributed by atoms with Crippen LogP contribution in [0.25, 0.3) is 0 Å². The third-order valence-corrected chi connectivity index (χ3v) is 3.40. The summed E-state index contributed by atoms with van der Waals surface area (Å²) in [4.78, 5) is 24.5. The molecule has 0 aromatic heterocycles. The van der Waals surface area contributed by atoms with Gasteiger partial charge in [0.15, 0.2) is 0 Å². The van der Waals surface area contributed by atoms with E-state index >= 15 is 0 Å². The van der Waals surface area contributed by atoms with Crippen molar-refractivity contribution in [3.8, 4) is 0 Å². The lowest BCUT2D eigenvalue weighted by Crippen LogP contribution is -2.64. The Kier molecular flexibility index (Phi) is 5.15. The van der Waals surface area contributed by atoms with Gasteiger partial charge in [-0.25, -0.2) is 4.79 Å². The Morgan fingerprint density at radius 2 is 1.95 bits per heavy atom. The molecule has 1 rings (SSSR count). The Hall–Kier alpha value is -1.14. The van der Waals surface area contributed by atoms with E-state index < -0.39 is 11.6 Å². The van der Waals surface area contributed by atoms with Crippen LogP contribution in [0.5, 0.6) is 0 Å². The van der Waals surface area contributed by atoms with Gasteiger partial charge in [-0.3, -0.25) is 4.79 Å². The molecule has 1 saturated heterocycles. The first-order valence-corrected chi connectivity index (χ1v) is 6.91. The summed E-state index contributed by atoms with van der Waals surface area (Å²) in [6, 6.07) is 0. The monoisotopic (exact) mass is 286 g/mol. The number of carbonyl (C=O) groups excluding carboxylic acids is 1. The largest absolute Gasteiger partial charge is 0.480 e. The summed E-state index contributed by atoms with van der Waals surface area (Å²) < 4.78 is 5.30. The number of rotatable bonds is 6. The second-order valence-electron chi connectivity index (χ2n) is 7.02. The minimum Gasteiger partial charge on any atom is -0.480 e. The van der Waals surface area contributed by atoms with Crippen molar-refractivity contribution in [2.75, 3.05) is 26.2 Å². The highest BCUT2D eigenvalue weighted by molar-refractivity contribution is 5.80. The van der Waals surface area contributed by atoms with Crippen molar-refractivity contribution in [1.82, 2.24) is 4.90 Å². The normalized spacial score (nSPS) is 19.4. The fourth-order valence-corrected chi connectivity index (χ4v) is 2.51. The Morgan fingerprint density at radius 1 is 1.40 bits per heavy atom. The van der Waals surface area contributed by atoms with E-state index in [4.69, 9.17) is 15.6 Å². The first-order chi connectivity index (χ1) is 9.06. The Bertz CT molecular complexity index is 370. The van der Waals surface area contributed by atoms with Gasteiger partial charge in [0.25, 0.3) is 0 Å². The maximum absolute atomic E-state index is 12.3. The molecule has 0 aromatic rings. The van der Waals surface area contributed by atoms with Crippen molar-refractivity contribution in [2.45, 2.75) is 39.7 Å². The summed E-state index contributed by atoms with van der Waals surface area (Å²) in [6.07, 6.45) is 0.742. The lowest BCUT2D eigenvalue weighted by Gasteiger charge is -2.48. The van der Waals surface area contributed by atoms with Gasteiger partial charge in [0.2, 0.25) is 5.91 Å². The highest BCUT2D eigenvalue weighted by atomic mass is 16.5. The van der Waals surface area contributed by atoms with Crippen molar-refractivity contribution in [3.05, 3.63) is 0 Å². The number of hydrogen-bond donors (Lipinski definition) is 2. The molecule has 1 aliphatic heterocycles. The number of aliphatic carboxylic acids is 1. The second-order valence-corrected chi connectivity index (χ2v) is 7.02. The van der Waals surface area contributed by atoms with Crippen LogP contribution >= 0.6 is 0 Å². The molecule has 0 saturated carbocycles. The maximum Gasteiger partial charge on any atom is 0.329 e. The third-order valence-electron chi connectivity index (χ3n) is 3.40. The van der Waals surface area contributed by atoms with Crippen molar-refractivity contribution in [3.63, 3.8) is 0 Å². The Morgan fingerprint density at radius 3 is 2.35 bits per heavy atom. The molecule has 20 heavy (non-hydrogen) atoms. The molecule has 0 radical (unpaired) electrons. The van der Waals surface area contributed by atoms with Gasteiger partial charge in [0.05, 0.1) is 19.0 Å². The van der Waals surface area contributed by atoms with E-state index in [1.165, 1.54) is 0 Å². The lowest BCUT2D eigenvalue weighted by molar-refractivity contribution is -0.176. The van der Waals surface area contributed by atoms with E-state index in [0.717, 1.165) is 6.42 Å². The first kappa shape index (κ1) is 16.9. The molecule has 1 fully saturated rings. The number of carboxylic acid groups (broad SMARTS) is 1. The smallest absolute Gasteiger partial charge is 0.329 e. The SMILES string of the molecule is CC(C)(C)CC(CN)C(=O)N1CC(C)(OCC(=O)O)C1. The molecule has 0 aromatic carbocycles. The van der Waals surface area contributed by atoms with Crippen molar-refractivity contribution in [2.24, 2.45) is 17.1 Å². The van der Waals surface area contributed by atoms with E-state index in [1.54, 1.807) is 4.90 Å². The molecule has 6 nitrogen and oxygen atoms in total. The molecule has 1 atom stereocenters. The standard InChI is InChI=1S/C14H26N2O4/c1-13(2,3)5-10(6-15)12(19)16-8-14(4,9-16)20-7-11(17)18/h10H,5-9,15H2,1-4H3,(H,17,18). The maximum atomic E-state index is 12.3. The van der Waals surface area contributed by atoms with Gasteiger partial charge in [-0.05, 0) is 18.8 Å². The van der Waals surface area contributed by atoms with Crippen LogP contribution in [-0.2, 0) is 14.3 Å². The van der Waals surface area contributed by atoms with Gasteiger partial charge in [0, 0.05) is 6.54 Å². The minimum absolute atomic E-state index is 0.0406. The van der Waals surface area contributed by atoms with Crippen LogP contribution in [0, 0.1) is 11.3 Å². The minimum atomic E-state index is -0.997. The van der Waals surface area contributed by atoms with E-state index in [-0.39, 0.29) is 23.8 Å². The summed E-state index contributed by atoms with van der Waals surface area (Å²) >= 11 is 0. The van der Waals surface area contributed by atoms with Crippen LogP contribution in [-0.4, -0.2) is 53.7 Å². The predicted octanol–water partition coefficient (Wildman–Crippen LogP) is 0.700. The molecule has 0 spiro atoms. The third kappa shape index (κ3) is 4.76. The number of amides is 1. The van der Waals surface area contributed by atoms with Gasteiger partial charge >= 0.3 is 5.97 Å². The molecular formula is C14H26N2O4. The zero-order valence-corrected chi connectivity index (χ0v) is 12.8. The number of hydrogen-bond acceptors (Lipinski definition) is 4. The van der Waals surface area contributed by atoms with E-state index in [1.807, 2.05) is 6.92 Å². The van der Waals surface area contributed by atoms with Gasteiger partial charge in [0.1, 0.15) is 12.2 Å². The number of carbonyl (C=O) groups is 2. The molecule has 116 valence electrons. The first-order valence-electron chi connectivity index (χ1n) is 6.91. The number of nitrogens with zero attached hydrogens (tertiary/aromatic N) is 1. The van der Waals surface area contributed by atoms with Crippen LogP contribution in [0.3, 0.4) is 0 Å². The lowest BCUT2D eigenvalue weighted by atomic mass is 9.83. The van der Waals surface area contributed by atoms with Crippen LogP contribution in [0.4, 0.5) is 0 Å². The topological polar surface area (TPSA) is 92.9 Å². The average molecular weight is 286 g/mol. The van der Waals surface area contributed by atoms with Crippen molar-refractivity contribution >= 4 is 11.9 Å². The second kappa shape index (κ2) is 6.10. The Balaban J connectivity index is 2.49. The molecule has 1 heterocycles. The molecule has 6 heteroatoms. The molecule has 1 aliphatic rings. The fourth-order valence-electron chi connectivity index (χ4n) is 2.51. The molecule has 1 amide bonds. The van der Waals surface area contributed by atoms with Crippen LogP contribution in [0.15, 0.2) is 0 Å². The average Bonchev–Trinajstić information content (AvgIpc) is 2.28. The number of nitrogens with two attached hydrogens (primary N) is 1. The fraction of sp³-hybridized carbons (Fsp3) is 0.857. The zero-order chi connectivity index (χ0) is 15.6. The highest BCUT2D eigenvalue weighted by Crippen LogP contribution is 2.30. The molecule has 3 N–H and O–H groups in total. The van der Waals surface area contributed by atoms with Crippen LogP contribution < -0.4 is 5.73 Å². The summed E-state index contributed by atoms with van der Waals surface area (Å²) in [5, 5.41) is 8.60. The predicted molar refractivity (Wildman–Crippen MR) is 75.2 cm³/mol. The molecular weight excluding hydrogens is 260 g/mol. The van der Waals surface area contributed by atoms with Crippen LogP contribution in [0.2, 0.25) is 0 Å². The quantitative estimate of drug-likeness (QED) is 0.749. The van der Waals surface area contributed by atoms with E-state index in [9.17, 15) is 9.59 Å². The van der Waals surface area contributed by atoms with Crippen molar-refractivity contribution < 1.29 is 19.4 Å². The Labute approximate surface area is 120 Å². The molecule has 0 bridgehead atoms.